The maximum Gasteiger partial charge on any atom is 0.0648 e. The third-order valence-corrected chi connectivity index (χ3v) is 3.27. The summed E-state index contributed by atoms with van der Waals surface area (Å²) in [5.74, 6) is 0.728. The summed E-state index contributed by atoms with van der Waals surface area (Å²) in [6.07, 6.45) is 6.31. The van der Waals surface area contributed by atoms with Gasteiger partial charge in [0.15, 0.2) is 0 Å². The first-order valence-corrected chi connectivity index (χ1v) is 5.47. The minimum atomic E-state index is 0.728. The molecule has 15 heavy (non-hydrogen) atoms. The fourth-order valence-corrected chi connectivity index (χ4v) is 2.38. The van der Waals surface area contributed by atoms with Crippen LogP contribution in [0.1, 0.15) is 30.4 Å². The van der Waals surface area contributed by atoms with E-state index in [0.29, 0.717) is 0 Å². The number of hydrogen-bond acceptors (Lipinski definition) is 1. The first-order chi connectivity index (χ1) is 7.34. The van der Waals surface area contributed by atoms with E-state index in [1.807, 2.05) is 23.1 Å². The molecule has 0 radical (unpaired) electrons. The van der Waals surface area contributed by atoms with Crippen LogP contribution in [0.5, 0.6) is 0 Å². The number of aryl methyl sites for hydroxylation is 1. The summed E-state index contributed by atoms with van der Waals surface area (Å²) in [4.78, 5) is 0. The Morgan fingerprint density at radius 2 is 2.33 bits per heavy atom. The molecular formula is C13H14N2. The summed E-state index contributed by atoms with van der Waals surface area (Å²) in [7, 11) is 0. The molecule has 1 heterocycles. The molecule has 1 aromatic heterocycles. The van der Waals surface area contributed by atoms with Gasteiger partial charge in [-0.05, 0) is 48.1 Å². The molecule has 0 bridgehead atoms. The second kappa shape index (κ2) is 3.23. The molecule has 1 aromatic carbocycles. The Bertz CT molecular complexity index is 471. The van der Waals surface area contributed by atoms with E-state index < -0.39 is 0 Å². The summed E-state index contributed by atoms with van der Waals surface area (Å²) in [6, 6.07) is 8.64. The predicted molar refractivity (Wildman–Crippen MR) is 60.3 cm³/mol. The molecule has 3 rings (SSSR count). The van der Waals surface area contributed by atoms with Gasteiger partial charge in [-0.1, -0.05) is 13.0 Å². The van der Waals surface area contributed by atoms with E-state index in [1.165, 1.54) is 29.7 Å². The van der Waals surface area contributed by atoms with Gasteiger partial charge < -0.3 is 0 Å². The average molecular weight is 198 g/mol. The van der Waals surface area contributed by atoms with Gasteiger partial charge >= 0.3 is 0 Å². The van der Waals surface area contributed by atoms with Crippen molar-refractivity contribution in [1.82, 2.24) is 9.78 Å². The Hall–Kier alpha value is -1.57. The highest BCUT2D eigenvalue weighted by Crippen LogP contribution is 2.33. The lowest BCUT2D eigenvalue weighted by Crippen LogP contribution is -1.96. The number of fused-ring (bicyclic) bond motifs is 1. The van der Waals surface area contributed by atoms with Crippen molar-refractivity contribution in [3.63, 3.8) is 0 Å². The van der Waals surface area contributed by atoms with Gasteiger partial charge in [-0.15, -0.1) is 0 Å². The zero-order valence-corrected chi connectivity index (χ0v) is 8.85. The number of nitrogens with zero attached hydrogens (tertiary/aromatic N) is 2. The SMILES string of the molecule is C[C@@H]1CCc2cc(-n3cccn3)ccc21. The monoisotopic (exact) mass is 198 g/mol. The van der Waals surface area contributed by atoms with Crippen molar-refractivity contribution < 1.29 is 0 Å². The van der Waals surface area contributed by atoms with Crippen molar-refractivity contribution in [2.75, 3.05) is 0 Å². The first kappa shape index (κ1) is 8.72. The second-order valence-electron chi connectivity index (χ2n) is 4.27. The van der Waals surface area contributed by atoms with Crippen molar-refractivity contribution in [2.45, 2.75) is 25.7 Å². The Morgan fingerprint density at radius 1 is 1.40 bits per heavy atom. The number of benzene rings is 1. The van der Waals surface area contributed by atoms with Gasteiger partial charge in [0, 0.05) is 12.4 Å². The van der Waals surface area contributed by atoms with Crippen molar-refractivity contribution in [1.29, 1.82) is 0 Å². The van der Waals surface area contributed by atoms with E-state index in [-0.39, 0.29) is 0 Å². The molecule has 0 unspecified atom stereocenters. The first-order valence-electron chi connectivity index (χ1n) is 5.47. The Labute approximate surface area is 89.5 Å². The summed E-state index contributed by atoms with van der Waals surface area (Å²) in [5.41, 5.74) is 4.19. The van der Waals surface area contributed by atoms with Gasteiger partial charge in [-0.2, -0.15) is 5.10 Å². The van der Waals surface area contributed by atoms with Gasteiger partial charge in [0.1, 0.15) is 0 Å². The molecule has 0 aliphatic heterocycles. The molecule has 0 spiro atoms. The van der Waals surface area contributed by atoms with Crippen LogP contribution in [0, 0.1) is 0 Å². The smallest absolute Gasteiger partial charge is 0.0648 e. The van der Waals surface area contributed by atoms with Crippen LogP contribution in [0.2, 0.25) is 0 Å². The van der Waals surface area contributed by atoms with Gasteiger partial charge in [0.2, 0.25) is 0 Å². The van der Waals surface area contributed by atoms with E-state index in [4.69, 9.17) is 0 Å². The second-order valence-corrected chi connectivity index (χ2v) is 4.27. The third kappa shape index (κ3) is 1.37. The predicted octanol–water partition coefficient (Wildman–Crippen LogP) is 2.92. The summed E-state index contributed by atoms with van der Waals surface area (Å²) in [5, 5.41) is 4.25. The average Bonchev–Trinajstić information content (AvgIpc) is 2.88. The van der Waals surface area contributed by atoms with E-state index in [0.717, 1.165) is 5.92 Å². The summed E-state index contributed by atoms with van der Waals surface area (Å²) in [6.45, 7) is 2.30. The maximum atomic E-state index is 4.25. The molecule has 0 amide bonds. The summed E-state index contributed by atoms with van der Waals surface area (Å²) < 4.78 is 1.92. The van der Waals surface area contributed by atoms with Gasteiger partial charge in [-0.3, -0.25) is 0 Å². The van der Waals surface area contributed by atoms with Crippen molar-refractivity contribution in [2.24, 2.45) is 0 Å². The zero-order chi connectivity index (χ0) is 10.3. The van der Waals surface area contributed by atoms with Crippen LogP contribution in [0.3, 0.4) is 0 Å². The topological polar surface area (TPSA) is 17.8 Å². The Kier molecular flexibility index (Phi) is 1.88. The molecule has 2 heteroatoms. The highest BCUT2D eigenvalue weighted by molar-refractivity contribution is 5.43. The molecule has 0 N–H and O–H groups in total. The van der Waals surface area contributed by atoms with Crippen LogP contribution < -0.4 is 0 Å². The highest BCUT2D eigenvalue weighted by Gasteiger charge is 2.18. The molecule has 0 fully saturated rings. The molecule has 0 saturated heterocycles. The molecule has 1 aliphatic carbocycles. The van der Waals surface area contributed by atoms with Crippen LogP contribution in [0.25, 0.3) is 5.69 Å². The van der Waals surface area contributed by atoms with Crippen LogP contribution in [-0.4, -0.2) is 9.78 Å². The van der Waals surface area contributed by atoms with Crippen molar-refractivity contribution in [3.05, 3.63) is 47.8 Å². The standard InChI is InChI=1S/C13H14N2/c1-10-3-4-11-9-12(5-6-13(10)11)15-8-2-7-14-15/h2,5-10H,3-4H2,1H3/t10-/m1/s1. The number of aromatic nitrogens is 2. The minimum Gasteiger partial charge on any atom is -0.241 e. The van der Waals surface area contributed by atoms with Crippen LogP contribution in [0.15, 0.2) is 36.7 Å². The molecule has 1 aliphatic rings. The molecule has 0 saturated carbocycles. The fraction of sp³-hybridized carbons (Fsp3) is 0.308. The highest BCUT2D eigenvalue weighted by atomic mass is 15.3. The van der Waals surface area contributed by atoms with E-state index >= 15 is 0 Å². The van der Waals surface area contributed by atoms with Crippen LogP contribution >= 0.6 is 0 Å². The van der Waals surface area contributed by atoms with Crippen LogP contribution in [-0.2, 0) is 6.42 Å². The zero-order valence-electron chi connectivity index (χ0n) is 8.85. The Morgan fingerprint density at radius 3 is 3.13 bits per heavy atom. The molecule has 2 aromatic rings. The lowest BCUT2D eigenvalue weighted by molar-refractivity contribution is 0.747. The molecular weight excluding hydrogens is 184 g/mol. The third-order valence-electron chi connectivity index (χ3n) is 3.27. The Balaban J connectivity index is 2.07. The summed E-state index contributed by atoms with van der Waals surface area (Å²) >= 11 is 0. The van der Waals surface area contributed by atoms with Crippen molar-refractivity contribution >= 4 is 0 Å². The lowest BCUT2D eigenvalue weighted by Gasteiger charge is -2.07. The molecule has 2 nitrogen and oxygen atoms in total. The van der Waals surface area contributed by atoms with Gasteiger partial charge in [-0.25, -0.2) is 4.68 Å². The van der Waals surface area contributed by atoms with E-state index in [1.54, 1.807) is 0 Å². The quantitative estimate of drug-likeness (QED) is 0.689. The fourth-order valence-electron chi connectivity index (χ4n) is 2.38. The number of rotatable bonds is 1. The van der Waals surface area contributed by atoms with Crippen LogP contribution in [0.4, 0.5) is 0 Å². The normalized spacial score (nSPS) is 19.1. The van der Waals surface area contributed by atoms with E-state index in [2.05, 4.69) is 30.2 Å². The minimum absolute atomic E-state index is 0.728. The van der Waals surface area contributed by atoms with Gasteiger partial charge in [0.25, 0.3) is 0 Å². The lowest BCUT2D eigenvalue weighted by atomic mass is 10.0. The molecule has 76 valence electrons. The maximum absolute atomic E-state index is 4.25. The largest absolute Gasteiger partial charge is 0.241 e. The van der Waals surface area contributed by atoms with E-state index in [9.17, 15) is 0 Å². The van der Waals surface area contributed by atoms with Crippen molar-refractivity contribution in [3.8, 4) is 5.69 Å². The molecule has 1 atom stereocenters. The number of hydrogen-bond donors (Lipinski definition) is 0. The van der Waals surface area contributed by atoms with Gasteiger partial charge in [0.05, 0.1) is 5.69 Å².